The summed E-state index contributed by atoms with van der Waals surface area (Å²) in [6.45, 7) is 8.92. The predicted octanol–water partition coefficient (Wildman–Crippen LogP) is 6.98. The number of carbonyl (C=O) groups excluding carboxylic acids is 4. The van der Waals surface area contributed by atoms with Gasteiger partial charge in [0.2, 0.25) is 0 Å². The molecule has 0 heterocycles. The van der Waals surface area contributed by atoms with Crippen LogP contribution in [0, 0.1) is 0 Å². The average molecular weight is 613 g/mol. The number of oxime groups is 2. The van der Waals surface area contributed by atoms with Crippen molar-refractivity contribution < 1.29 is 38.3 Å². The van der Waals surface area contributed by atoms with E-state index in [4.69, 9.17) is 19.1 Å². The summed E-state index contributed by atoms with van der Waals surface area (Å²) in [4.78, 5) is 61.3. The van der Waals surface area contributed by atoms with E-state index in [9.17, 15) is 19.2 Å². The van der Waals surface area contributed by atoms with Crippen LogP contribution in [0.4, 0.5) is 41.9 Å². The molecular weight excluding hydrogens is 572 g/mol. The smallest absolute Gasteiger partial charge is 0.437 e. The molecule has 1 unspecified atom stereocenters. The number of hydrogen-bond acceptors (Lipinski definition) is 10. The molecule has 0 bridgehead atoms. The maximum absolute atomic E-state index is 12.7. The molecule has 44 heavy (non-hydrogen) atoms. The number of carbonyl (C=O) groups is 4. The number of nitrogens with zero attached hydrogens (tertiary/aromatic N) is 4. The van der Waals surface area contributed by atoms with Gasteiger partial charge in [-0.05, 0) is 70.0 Å². The summed E-state index contributed by atoms with van der Waals surface area (Å²) in [5.41, 5.74) is 3.07. The van der Waals surface area contributed by atoms with Crippen LogP contribution < -0.4 is 20.4 Å². The Hall–Kier alpha value is -5.14. The monoisotopic (exact) mass is 612 g/mol. The van der Waals surface area contributed by atoms with Crippen molar-refractivity contribution in [1.82, 2.24) is 0 Å². The largest absolute Gasteiger partial charge is 0.449 e. The summed E-state index contributed by atoms with van der Waals surface area (Å²) >= 11 is 0. The van der Waals surface area contributed by atoms with Crippen molar-refractivity contribution in [2.45, 2.75) is 60.0 Å². The minimum absolute atomic E-state index is 0.0120. The van der Waals surface area contributed by atoms with Crippen LogP contribution in [-0.4, -0.2) is 62.6 Å². The molecule has 0 aliphatic heterocycles. The quantitative estimate of drug-likeness (QED) is 0.147. The Morgan fingerprint density at radius 3 is 1.68 bits per heavy atom. The van der Waals surface area contributed by atoms with Crippen molar-refractivity contribution in [2.24, 2.45) is 10.3 Å². The zero-order valence-electron chi connectivity index (χ0n) is 26.1. The Morgan fingerprint density at radius 1 is 0.773 bits per heavy atom. The molecule has 2 aromatic rings. The Labute approximate surface area is 256 Å². The third-order valence-corrected chi connectivity index (χ3v) is 6.15. The first-order valence-electron chi connectivity index (χ1n) is 14.0. The van der Waals surface area contributed by atoms with Gasteiger partial charge in [-0.25, -0.2) is 19.2 Å². The zero-order valence-corrected chi connectivity index (χ0v) is 26.1. The van der Waals surface area contributed by atoms with Gasteiger partial charge in [0, 0.05) is 43.3 Å². The molecule has 2 rings (SSSR count). The second-order valence-electron chi connectivity index (χ2n) is 9.68. The number of rotatable bonds is 12. The van der Waals surface area contributed by atoms with Crippen molar-refractivity contribution in [3.8, 4) is 0 Å². The van der Waals surface area contributed by atoms with Crippen molar-refractivity contribution in [2.75, 3.05) is 41.1 Å². The fourth-order valence-corrected chi connectivity index (χ4v) is 3.16. The van der Waals surface area contributed by atoms with Crippen molar-refractivity contribution >= 4 is 58.5 Å². The molecule has 2 aromatic carbocycles. The van der Waals surface area contributed by atoms with Crippen molar-refractivity contribution in [3.05, 3.63) is 48.5 Å². The summed E-state index contributed by atoms with van der Waals surface area (Å²) in [6.07, 6.45) is -1.82. The van der Waals surface area contributed by atoms with Gasteiger partial charge in [0.1, 0.15) is 6.10 Å². The third-order valence-electron chi connectivity index (χ3n) is 6.15. The average Bonchev–Trinajstić information content (AvgIpc) is 3.01. The first kappa shape index (κ1) is 35.1. The maximum Gasteiger partial charge on any atom is 0.437 e. The van der Waals surface area contributed by atoms with Gasteiger partial charge in [0.05, 0.1) is 18.0 Å². The molecule has 238 valence electrons. The Balaban J connectivity index is 1.83. The van der Waals surface area contributed by atoms with Crippen LogP contribution in [0.25, 0.3) is 0 Å². The van der Waals surface area contributed by atoms with Gasteiger partial charge in [0.25, 0.3) is 0 Å². The summed E-state index contributed by atoms with van der Waals surface area (Å²) in [7, 11) is 3.05. The van der Waals surface area contributed by atoms with Gasteiger partial charge in [-0.1, -0.05) is 36.3 Å². The van der Waals surface area contributed by atoms with E-state index < -0.39 is 30.5 Å². The highest BCUT2D eigenvalue weighted by molar-refractivity contribution is 5.91. The van der Waals surface area contributed by atoms with Crippen LogP contribution >= 0.6 is 0 Å². The molecule has 4 amide bonds. The molecule has 0 saturated carbocycles. The van der Waals surface area contributed by atoms with E-state index >= 15 is 0 Å². The number of anilines is 4. The molecular formula is C30H40N6O8. The van der Waals surface area contributed by atoms with E-state index in [1.807, 2.05) is 13.8 Å². The van der Waals surface area contributed by atoms with Crippen LogP contribution in [0.1, 0.15) is 53.9 Å². The minimum Gasteiger partial charge on any atom is -0.449 e. The van der Waals surface area contributed by atoms with Crippen molar-refractivity contribution in [3.63, 3.8) is 0 Å². The second kappa shape index (κ2) is 17.7. The molecule has 0 radical (unpaired) electrons. The zero-order chi connectivity index (χ0) is 32.6. The highest BCUT2D eigenvalue weighted by Crippen LogP contribution is 2.21. The predicted molar refractivity (Wildman–Crippen MR) is 169 cm³/mol. The van der Waals surface area contributed by atoms with Gasteiger partial charge >= 0.3 is 24.4 Å². The van der Waals surface area contributed by atoms with E-state index in [0.29, 0.717) is 47.0 Å². The number of nitrogens with one attached hydrogen (secondary N) is 2. The van der Waals surface area contributed by atoms with E-state index in [1.165, 1.54) is 23.9 Å². The molecule has 0 saturated heterocycles. The van der Waals surface area contributed by atoms with E-state index in [0.717, 1.165) is 0 Å². The number of benzene rings is 2. The minimum atomic E-state index is -0.758. The lowest BCUT2D eigenvalue weighted by atomic mass is 10.2. The first-order valence-corrected chi connectivity index (χ1v) is 14.0. The molecule has 0 aliphatic rings. The summed E-state index contributed by atoms with van der Waals surface area (Å²) < 4.78 is 10.8. The van der Waals surface area contributed by atoms with Gasteiger partial charge in [-0.3, -0.25) is 30.1 Å². The summed E-state index contributed by atoms with van der Waals surface area (Å²) in [6, 6.07) is 13.1. The lowest BCUT2D eigenvalue weighted by molar-refractivity contribution is 0.0889. The topological polar surface area (TPSA) is 160 Å². The molecule has 0 fully saturated rings. The fourth-order valence-electron chi connectivity index (χ4n) is 3.16. The highest BCUT2D eigenvalue weighted by atomic mass is 16.7. The van der Waals surface area contributed by atoms with Crippen LogP contribution in [0.2, 0.25) is 0 Å². The van der Waals surface area contributed by atoms with Crippen LogP contribution in [0.5, 0.6) is 0 Å². The van der Waals surface area contributed by atoms with E-state index in [2.05, 4.69) is 20.9 Å². The molecule has 2 N–H and O–H groups in total. The Bertz CT molecular complexity index is 1360. The Morgan fingerprint density at radius 2 is 1.23 bits per heavy atom. The highest BCUT2D eigenvalue weighted by Gasteiger charge is 2.19. The van der Waals surface area contributed by atoms with Crippen LogP contribution in [0.15, 0.2) is 58.8 Å². The third kappa shape index (κ3) is 12.0. The van der Waals surface area contributed by atoms with Gasteiger partial charge in [0.15, 0.2) is 0 Å². The standard InChI is InChI=1S/C30H40N6O8/c1-8-20(3)33-43-27(37)31-23-12-10-14-25(18-23)35(6)29(39)41-17-16-22(5)42-30(40)36(7)26-15-11-13-24(19-26)32-28(38)44-34-21(4)9-2/h10-15,18-19,22H,8-9,16-17H2,1-7H3,(H,31,37)(H,32,38)/b33-20+,34-21+. The lowest BCUT2D eigenvalue weighted by Crippen LogP contribution is -2.31. The normalized spacial score (nSPS) is 12.0. The van der Waals surface area contributed by atoms with Crippen LogP contribution in [-0.2, 0) is 19.1 Å². The molecule has 0 aromatic heterocycles. The Kier molecular flexibility index (Phi) is 14.1. The number of hydrogen-bond donors (Lipinski definition) is 2. The van der Waals surface area contributed by atoms with Gasteiger partial charge < -0.3 is 9.47 Å². The second-order valence-corrected chi connectivity index (χ2v) is 9.68. The summed E-state index contributed by atoms with van der Waals surface area (Å²) in [5, 5.41) is 12.5. The number of amides is 4. The van der Waals surface area contributed by atoms with Gasteiger partial charge in [-0.15, -0.1) is 0 Å². The maximum atomic E-state index is 12.7. The molecule has 14 heteroatoms. The molecule has 1 atom stereocenters. The molecule has 14 nitrogen and oxygen atoms in total. The fraction of sp³-hybridized carbons (Fsp3) is 0.400. The lowest BCUT2D eigenvalue weighted by Gasteiger charge is -2.22. The summed E-state index contributed by atoms with van der Waals surface area (Å²) in [5.74, 6) is 0. The van der Waals surface area contributed by atoms with Gasteiger partial charge in [-0.2, -0.15) is 0 Å². The first-order chi connectivity index (χ1) is 20.9. The van der Waals surface area contributed by atoms with Crippen LogP contribution in [0.3, 0.4) is 0 Å². The SMILES string of the molecule is CC/C(C)=N/OC(=O)Nc1cccc(N(C)C(=O)OCCC(C)OC(=O)N(C)c2cccc(NC(=O)O/N=C(\C)CC)c2)c1. The molecule has 0 spiro atoms. The number of ether oxygens (including phenoxy) is 2. The van der Waals surface area contributed by atoms with Crippen molar-refractivity contribution in [1.29, 1.82) is 0 Å². The van der Waals surface area contributed by atoms with E-state index in [1.54, 1.807) is 69.3 Å². The molecule has 0 aliphatic carbocycles. The van der Waals surface area contributed by atoms with E-state index in [-0.39, 0.29) is 13.0 Å².